The van der Waals surface area contributed by atoms with Crippen molar-refractivity contribution in [1.82, 2.24) is 9.55 Å². The summed E-state index contributed by atoms with van der Waals surface area (Å²) in [6, 6.07) is 10.2. The molecular weight excluding hydrogens is 403 g/mol. The highest BCUT2D eigenvalue weighted by Crippen LogP contribution is 2.32. The molecule has 10 heteroatoms. The maximum Gasteiger partial charge on any atom is 0.573 e. The molecule has 0 saturated carbocycles. The summed E-state index contributed by atoms with van der Waals surface area (Å²) in [5.41, 5.74) is 0.0333. The van der Waals surface area contributed by atoms with Gasteiger partial charge in [0.1, 0.15) is 12.3 Å². The number of halogens is 3. The zero-order valence-electron chi connectivity index (χ0n) is 15.5. The Hall–Kier alpha value is -3.56. The Labute approximate surface area is 167 Å². The van der Waals surface area contributed by atoms with Crippen molar-refractivity contribution in [2.45, 2.75) is 25.7 Å². The molecule has 0 atom stereocenters. The maximum atomic E-state index is 12.9. The number of aryl methyl sites for hydroxylation is 1. The molecule has 2 heterocycles. The van der Waals surface area contributed by atoms with E-state index >= 15 is 0 Å². The molecule has 2 aromatic carbocycles. The molecule has 7 nitrogen and oxygen atoms in total. The molecule has 1 amide bonds. The van der Waals surface area contributed by atoms with Crippen molar-refractivity contribution >= 4 is 22.5 Å². The lowest BCUT2D eigenvalue weighted by atomic mass is 10.0. The van der Waals surface area contributed by atoms with Gasteiger partial charge in [0.2, 0.25) is 5.91 Å². The van der Waals surface area contributed by atoms with Gasteiger partial charge in [-0.25, -0.2) is 4.79 Å². The van der Waals surface area contributed by atoms with Gasteiger partial charge in [0.15, 0.2) is 0 Å². The molecule has 0 saturated heterocycles. The van der Waals surface area contributed by atoms with Gasteiger partial charge in [-0.1, -0.05) is 12.1 Å². The minimum absolute atomic E-state index is 0.276. The molecule has 1 N–H and O–H groups in total. The van der Waals surface area contributed by atoms with Crippen LogP contribution in [0, 0.1) is 0 Å². The maximum absolute atomic E-state index is 12.9. The predicted molar refractivity (Wildman–Crippen MR) is 103 cm³/mol. The topological polar surface area (TPSA) is 84.4 Å². The average Bonchev–Trinajstić information content (AvgIpc) is 2.69. The number of H-pyrrole nitrogens is 1. The van der Waals surface area contributed by atoms with Gasteiger partial charge >= 0.3 is 12.1 Å². The fourth-order valence-corrected chi connectivity index (χ4v) is 3.59. The number of aromatic amines is 1. The summed E-state index contributed by atoms with van der Waals surface area (Å²) < 4.78 is 42.1. The van der Waals surface area contributed by atoms with Crippen LogP contribution in [-0.2, 0) is 17.8 Å². The zero-order chi connectivity index (χ0) is 21.5. The van der Waals surface area contributed by atoms with Crippen molar-refractivity contribution in [3.05, 3.63) is 68.9 Å². The van der Waals surface area contributed by atoms with Gasteiger partial charge in [0.05, 0.1) is 10.9 Å². The first-order valence-corrected chi connectivity index (χ1v) is 9.14. The van der Waals surface area contributed by atoms with Crippen LogP contribution in [0.25, 0.3) is 10.9 Å². The van der Waals surface area contributed by atoms with Crippen LogP contribution in [0.4, 0.5) is 18.9 Å². The van der Waals surface area contributed by atoms with Gasteiger partial charge in [-0.15, -0.1) is 13.2 Å². The lowest BCUT2D eigenvalue weighted by Crippen LogP contribution is -2.44. The van der Waals surface area contributed by atoms with Crippen molar-refractivity contribution in [3.63, 3.8) is 0 Å². The first-order valence-electron chi connectivity index (χ1n) is 9.14. The van der Waals surface area contributed by atoms with Crippen LogP contribution < -0.4 is 20.9 Å². The quantitative estimate of drug-likeness (QED) is 0.707. The van der Waals surface area contributed by atoms with Crippen LogP contribution in [0.5, 0.6) is 5.75 Å². The summed E-state index contributed by atoms with van der Waals surface area (Å²) in [7, 11) is 0. The van der Waals surface area contributed by atoms with E-state index in [9.17, 15) is 27.6 Å². The summed E-state index contributed by atoms with van der Waals surface area (Å²) in [5.74, 6) is -0.874. The van der Waals surface area contributed by atoms with Crippen LogP contribution in [0.2, 0.25) is 0 Å². The number of hydrogen-bond donors (Lipinski definition) is 1. The van der Waals surface area contributed by atoms with Gasteiger partial charge < -0.3 is 14.6 Å². The number of benzene rings is 2. The van der Waals surface area contributed by atoms with Crippen molar-refractivity contribution in [3.8, 4) is 5.75 Å². The van der Waals surface area contributed by atoms with Gasteiger partial charge in [0, 0.05) is 12.2 Å². The Kier molecular flexibility index (Phi) is 4.84. The van der Waals surface area contributed by atoms with Gasteiger partial charge in [-0.3, -0.25) is 14.2 Å². The molecule has 0 unspecified atom stereocenters. The number of amides is 1. The third-order valence-corrected chi connectivity index (χ3v) is 4.89. The second-order valence-corrected chi connectivity index (χ2v) is 6.85. The highest BCUT2D eigenvalue weighted by atomic mass is 19.4. The highest BCUT2D eigenvalue weighted by molar-refractivity contribution is 5.94. The zero-order valence-corrected chi connectivity index (χ0v) is 15.5. The van der Waals surface area contributed by atoms with E-state index in [1.54, 1.807) is 24.3 Å². The standard InChI is InChI=1S/C20H16F3N3O4/c21-20(22,23)30-13-7-8-16-12(10-13)4-3-9-25(16)17(27)11-26-18(28)14-5-1-2-6-15(14)24-19(26)29/h1-2,5-8,10H,3-4,9,11H2,(H,24,29). The SMILES string of the molecule is O=C(Cn1c(=O)[nH]c2ccccc2c1=O)N1CCCc2cc(OC(F)(F)F)ccc21. The number of ether oxygens (including phenoxy) is 1. The number of para-hydroxylation sites is 1. The molecule has 1 aliphatic heterocycles. The molecule has 4 rings (SSSR count). The normalized spacial score (nSPS) is 13.9. The Balaban J connectivity index is 1.64. The third-order valence-electron chi connectivity index (χ3n) is 4.89. The smallest absolute Gasteiger partial charge is 0.406 e. The Morgan fingerprint density at radius 2 is 1.90 bits per heavy atom. The summed E-state index contributed by atoms with van der Waals surface area (Å²) in [6.07, 6.45) is -3.81. The molecular formula is C20H16F3N3O4. The van der Waals surface area contributed by atoms with Crippen LogP contribution in [0.15, 0.2) is 52.1 Å². The Morgan fingerprint density at radius 3 is 2.67 bits per heavy atom. The summed E-state index contributed by atoms with van der Waals surface area (Å²) in [6.45, 7) is -0.162. The van der Waals surface area contributed by atoms with Crippen LogP contribution in [0.3, 0.4) is 0 Å². The van der Waals surface area contributed by atoms with E-state index in [2.05, 4.69) is 9.72 Å². The minimum atomic E-state index is -4.81. The van der Waals surface area contributed by atoms with E-state index < -0.39 is 30.1 Å². The third kappa shape index (κ3) is 3.80. The molecule has 1 aromatic heterocycles. The molecule has 0 radical (unpaired) electrons. The van der Waals surface area contributed by atoms with E-state index in [-0.39, 0.29) is 11.1 Å². The number of hydrogen-bond acceptors (Lipinski definition) is 4. The average molecular weight is 419 g/mol. The Morgan fingerprint density at radius 1 is 1.13 bits per heavy atom. The fraction of sp³-hybridized carbons (Fsp3) is 0.250. The van der Waals surface area contributed by atoms with Crippen molar-refractivity contribution in [1.29, 1.82) is 0 Å². The van der Waals surface area contributed by atoms with Crippen molar-refractivity contribution in [2.75, 3.05) is 11.4 Å². The largest absolute Gasteiger partial charge is 0.573 e. The van der Waals surface area contributed by atoms with Crippen LogP contribution in [-0.4, -0.2) is 28.4 Å². The molecule has 156 valence electrons. The van der Waals surface area contributed by atoms with Crippen LogP contribution >= 0.6 is 0 Å². The number of carbonyl (C=O) groups excluding carboxylic acids is 1. The fourth-order valence-electron chi connectivity index (χ4n) is 3.59. The number of aromatic nitrogens is 2. The van der Waals surface area contributed by atoms with Crippen LogP contribution in [0.1, 0.15) is 12.0 Å². The van der Waals surface area contributed by atoms with E-state index in [0.717, 1.165) is 10.6 Å². The number of carbonyl (C=O) groups is 1. The lowest BCUT2D eigenvalue weighted by Gasteiger charge is -2.30. The second-order valence-electron chi connectivity index (χ2n) is 6.85. The van der Waals surface area contributed by atoms with Crippen molar-refractivity contribution in [2.24, 2.45) is 0 Å². The number of alkyl halides is 3. The molecule has 0 spiro atoms. The first kappa shape index (κ1) is 19.7. The molecule has 30 heavy (non-hydrogen) atoms. The number of rotatable bonds is 3. The second kappa shape index (κ2) is 7.36. The number of anilines is 1. The van der Waals surface area contributed by atoms with Gasteiger partial charge in [0.25, 0.3) is 5.56 Å². The van der Waals surface area contributed by atoms with E-state index in [0.29, 0.717) is 36.2 Å². The van der Waals surface area contributed by atoms with Crippen molar-refractivity contribution < 1.29 is 22.7 Å². The monoisotopic (exact) mass is 419 g/mol. The van der Waals surface area contributed by atoms with Gasteiger partial charge in [-0.2, -0.15) is 0 Å². The van der Waals surface area contributed by atoms with Gasteiger partial charge in [-0.05, 0) is 48.7 Å². The summed E-state index contributed by atoms with van der Waals surface area (Å²) >= 11 is 0. The first-order chi connectivity index (χ1) is 14.2. The molecule has 0 bridgehead atoms. The van der Waals surface area contributed by atoms with E-state index in [1.165, 1.54) is 17.0 Å². The number of nitrogens with zero attached hydrogens (tertiary/aromatic N) is 2. The summed E-state index contributed by atoms with van der Waals surface area (Å²) in [5, 5.41) is 0.276. The number of nitrogens with one attached hydrogen (secondary N) is 1. The predicted octanol–water partition coefficient (Wildman–Crippen LogP) is 2.57. The van der Waals surface area contributed by atoms with E-state index in [1.807, 2.05) is 0 Å². The Bertz CT molecular complexity index is 1250. The molecule has 0 aliphatic carbocycles. The molecule has 0 fully saturated rings. The highest BCUT2D eigenvalue weighted by Gasteiger charge is 2.32. The minimum Gasteiger partial charge on any atom is -0.406 e. The lowest BCUT2D eigenvalue weighted by molar-refractivity contribution is -0.274. The summed E-state index contributed by atoms with van der Waals surface area (Å²) in [4.78, 5) is 41.8. The van der Waals surface area contributed by atoms with E-state index in [4.69, 9.17) is 0 Å². The number of fused-ring (bicyclic) bond motifs is 2. The molecule has 3 aromatic rings. The molecule has 1 aliphatic rings.